The van der Waals surface area contributed by atoms with Gasteiger partial charge in [0.25, 0.3) is 10.0 Å². The first-order chi connectivity index (χ1) is 11.2. The predicted octanol–water partition coefficient (Wildman–Crippen LogP) is 2.08. The molecule has 0 radical (unpaired) electrons. The first-order valence-corrected chi connectivity index (χ1v) is 8.85. The maximum atomic E-state index is 13.0. The van der Waals surface area contributed by atoms with E-state index >= 15 is 0 Å². The monoisotopic (exact) mass is 332 g/mol. The van der Waals surface area contributed by atoms with Gasteiger partial charge in [0.1, 0.15) is 13.2 Å². The first kappa shape index (κ1) is 14.2. The van der Waals surface area contributed by atoms with Crippen LogP contribution in [0.4, 0.5) is 11.4 Å². The molecule has 2 aromatic carbocycles. The SMILES string of the molecule is O=S(=O)(c1ccc2c(c1)OCCO2)N1CCNc2ccccc21. The molecule has 0 saturated carbocycles. The molecule has 0 unspecified atom stereocenters. The summed E-state index contributed by atoms with van der Waals surface area (Å²) in [5, 5.41) is 3.22. The number of ether oxygens (including phenoxy) is 2. The number of benzene rings is 2. The molecule has 0 atom stereocenters. The fourth-order valence-electron chi connectivity index (χ4n) is 2.81. The number of hydrogen-bond acceptors (Lipinski definition) is 5. The molecule has 2 aliphatic rings. The van der Waals surface area contributed by atoms with E-state index in [-0.39, 0.29) is 4.90 Å². The van der Waals surface area contributed by atoms with Crippen molar-refractivity contribution in [2.45, 2.75) is 4.90 Å². The van der Waals surface area contributed by atoms with E-state index in [2.05, 4.69) is 5.32 Å². The largest absolute Gasteiger partial charge is 0.486 e. The van der Waals surface area contributed by atoms with Crippen molar-refractivity contribution in [2.75, 3.05) is 35.9 Å². The van der Waals surface area contributed by atoms with Gasteiger partial charge in [0.15, 0.2) is 11.5 Å². The minimum absolute atomic E-state index is 0.207. The average molecular weight is 332 g/mol. The molecule has 0 fully saturated rings. The summed E-state index contributed by atoms with van der Waals surface area (Å²) in [6, 6.07) is 12.1. The summed E-state index contributed by atoms with van der Waals surface area (Å²) in [7, 11) is -3.65. The Kier molecular flexibility index (Phi) is 3.30. The van der Waals surface area contributed by atoms with E-state index in [1.54, 1.807) is 18.2 Å². The van der Waals surface area contributed by atoms with Crippen molar-refractivity contribution in [3.8, 4) is 11.5 Å². The van der Waals surface area contributed by atoms with Crippen LogP contribution >= 0.6 is 0 Å². The summed E-state index contributed by atoms with van der Waals surface area (Å²) in [4.78, 5) is 0.207. The van der Waals surface area contributed by atoms with E-state index in [9.17, 15) is 8.42 Å². The minimum atomic E-state index is -3.65. The van der Waals surface area contributed by atoms with E-state index in [0.717, 1.165) is 5.69 Å². The fourth-order valence-corrected chi connectivity index (χ4v) is 4.31. The van der Waals surface area contributed by atoms with E-state index in [0.29, 0.717) is 43.5 Å². The smallest absolute Gasteiger partial charge is 0.264 e. The molecule has 6 nitrogen and oxygen atoms in total. The molecule has 0 aromatic heterocycles. The molecule has 2 heterocycles. The molecule has 2 aliphatic heterocycles. The highest BCUT2D eigenvalue weighted by atomic mass is 32.2. The highest BCUT2D eigenvalue weighted by Gasteiger charge is 2.30. The Labute approximate surface area is 134 Å². The number of nitrogens with zero attached hydrogens (tertiary/aromatic N) is 1. The third kappa shape index (κ3) is 2.37. The Hall–Kier alpha value is -2.41. The van der Waals surface area contributed by atoms with Crippen LogP contribution in [0.2, 0.25) is 0 Å². The lowest BCUT2D eigenvalue weighted by Gasteiger charge is -2.31. The molecule has 120 valence electrons. The van der Waals surface area contributed by atoms with Crippen molar-refractivity contribution in [3.63, 3.8) is 0 Å². The third-order valence-electron chi connectivity index (χ3n) is 3.90. The Morgan fingerprint density at radius 3 is 2.65 bits per heavy atom. The number of rotatable bonds is 2. The summed E-state index contributed by atoms with van der Waals surface area (Å²) in [6.07, 6.45) is 0. The maximum absolute atomic E-state index is 13.0. The van der Waals surface area contributed by atoms with Gasteiger partial charge in [-0.05, 0) is 24.3 Å². The van der Waals surface area contributed by atoms with Crippen LogP contribution in [0.3, 0.4) is 0 Å². The minimum Gasteiger partial charge on any atom is -0.486 e. The molecule has 1 N–H and O–H groups in total. The molecule has 0 aliphatic carbocycles. The molecular formula is C16H16N2O4S. The second kappa shape index (κ2) is 5.34. The Bertz CT molecular complexity index is 851. The standard InChI is InChI=1S/C16H16N2O4S/c19-23(20,12-5-6-15-16(11-12)22-10-9-21-15)18-8-7-17-13-3-1-2-4-14(13)18/h1-6,11,17H,7-10H2. The lowest BCUT2D eigenvalue weighted by molar-refractivity contribution is 0.171. The summed E-state index contributed by atoms with van der Waals surface area (Å²) in [5.41, 5.74) is 1.48. The number of nitrogens with one attached hydrogen (secondary N) is 1. The van der Waals surface area contributed by atoms with Gasteiger partial charge in [-0.1, -0.05) is 12.1 Å². The van der Waals surface area contributed by atoms with Crippen LogP contribution < -0.4 is 19.1 Å². The second-order valence-corrected chi connectivity index (χ2v) is 7.19. The van der Waals surface area contributed by atoms with Crippen molar-refractivity contribution < 1.29 is 17.9 Å². The zero-order valence-electron chi connectivity index (χ0n) is 12.4. The summed E-state index contributed by atoms with van der Waals surface area (Å²) in [6.45, 7) is 1.85. The van der Waals surface area contributed by atoms with Crippen LogP contribution in [0.5, 0.6) is 11.5 Å². The Morgan fingerprint density at radius 1 is 1.00 bits per heavy atom. The molecule has 23 heavy (non-hydrogen) atoms. The van der Waals surface area contributed by atoms with Gasteiger partial charge in [-0.15, -0.1) is 0 Å². The van der Waals surface area contributed by atoms with E-state index in [1.807, 2.05) is 18.2 Å². The van der Waals surface area contributed by atoms with Crippen LogP contribution in [-0.2, 0) is 10.0 Å². The zero-order valence-corrected chi connectivity index (χ0v) is 13.2. The molecular weight excluding hydrogens is 316 g/mol. The molecule has 0 saturated heterocycles. The predicted molar refractivity (Wildman–Crippen MR) is 86.9 cm³/mol. The van der Waals surface area contributed by atoms with Gasteiger partial charge in [-0.25, -0.2) is 8.42 Å². The number of anilines is 2. The van der Waals surface area contributed by atoms with Gasteiger partial charge < -0.3 is 14.8 Å². The zero-order chi connectivity index (χ0) is 15.9. The number of hydrogen-bond donors (Lipinski definition) is 1. The average Bonchev–Trinajstić information content (AvgIpc) is 2.60. The van der Waals surface area contributed by atoms with Crippen molar-refractivity contribution in [2.24, 2.45) is 0 Å². The van der Waals surface area contributed by atoms with E-state index < -0.39 is 10.0 Å². The van der Waals surface area contributed by atoms with Gasteiger partial charge in [0, 0.05) is 12.6 Å². The topological polar surface area (TPSA) is 67.9 Å². The van der Waals surface area contributed by atoms with Crippen LogP contribution in [0.1, 0.15) is 0 Å². The normalized spacial score (nSPS) is 16.4. The molecule has 0 bridgehead atoms. The van der Waals surface area contributed by atoms with Crippen molar-refractivity contribution in [3.05, 3.63) is 42.5 Å². The molecule has 7 heteroatoms. The summed E-state index contributed by atoms with van der Waals surface area (Å²) >= 11 is 0. The van der Waals surface area contributed by atoms with Crippen LogP contribution in [0.15, 0.2) is 47.4 Å². The number of para-hydroxylation sites is 2. The fraction of sp³-hybridized carbons (Fsp3) is 0.250. The molecule has 4 rings (SSSR count). The molecule has 0 spiro atoms. The summed E-state index contributed by atoms with van der Waals surface area (Å²) in [5.74, 6) is 1.05. The van der Waals surface area contributed by atoms with E-state index in [1.165, 1.54) is 10.4 Å². The lowest BCUT2D eigenvalue weighted by atomic mass is 10.2. The quantitative estimate of drug-likeness (QED) is 0.912. The summed E-state index contributed by atoms with van der Waals surface area (Å²) < 4.78 is 38.5. The van der Waals surface area contributed by atoms with E-state index in [4.69, 9.17) is 9.47 Å². The first-order valence-electron chi connectivity index (χ1n) is 7.41. The molecule has 0 amide bonds. The van der Waals surface area contributed by atoms with Crippen LogP contribution in [-0.4, -0.2) is 34.7 Å². The van der Waals surface area contributed by atoms with Gasteiger partial charge in [-0.2, -0.15) is 0 Å². The third-order valence-corrected chi connectivity index (χ3v) is 5.71. The van der Waals surface area contributed by atoms with Crippen molar-refractivity contribution in [1.82, 2.24) is 0 Å². The van der Waals surface area contributed by atoms with Gasteiger partial charge >= 0.3 is 0 Å². The number of sulfonamides is 1. The van der Waals surface area contributed by atoms with Gasteiger partial charge in [0.2, 0.25) is 0 Å². The maximum Gasteiger partial charge on any atom is 0.264 e. The highest BCUT2D eigenvalue weighted by molar-refractivity contribution is 7.92. The van der Waals surface area contributed by atoms with Gasteiger partial charge in [-0.3, -0.25) is 4.31 Å². The number of fused-ring (bicyclic) bond motifs is 2. The Morgan fingerprint density at radius 2 is 1.78 bits per heavy atom. The Balaban J connectivity index is 1.77. The highest BCUT2D eigenvalue weighted by Crippen LogP contribution is 2.36. The van der Waals surface area contributed by atoms with Crippen molar-refractivity contribution >= 4 is 21.4 Å². The van der Waals surface area contributed by atoms with Crippen molar-refractivity contribution in [1.29, 1.82) is 0 Å². The second-order valence-electron chi connectivity index (χ2n) is 5.33. The van der Waals surface area contributed by atoms with Crippen LogP contribution in [0, 0.1) is 0 Å². The van der Waals surface area contributed by atoms with Crippen LogP contribution in [0.25, 0.3) is 0 Å². The lowest BCUT2D eigenvalue weighted by Crippen LogP contribution is -2.38. The molecule has 2 aromatic rings. The van der Waals surface area contributed by atoms with Gasteiger partial charge in [0.05, 0.1) is 22.8 Å².